The molecule has 4 N–H and O–H groups in total. The fourth-order valence-corrected chi connectivity index (χ4v) is 1.38. The van der Waals surface area contributed by atoms with Crippen molar-refractivity contribution in [2.24, 2.45) is 17.4 Å². The van der Waals surface area contributed by atoms with E-state index in [9.17, 15) is 4.79 Å². The molecular weight excluding hydrogens is 184 g/mol. The van der Waals surface area contributed by atoms with Gasteiger partial charge in [0.05, 0.1) is 0 Å². The summed E-state index contributed by atoms with van der Waals surface area (Å²) in [6, 6.07) is 0.0903. The molecule has 13 heavy (non-hydrogen) atoms. The molecule has 0 aromatic rings. The van der Waals surface area contributed by atoms with Crippen molar-refractivity contribution in [3.05, 3.63) is 0 Å². The minimum Gasteiger partial charge on any atom is -0.361 e. The van der Waals surface area contributed by atoms with Gasteiger partial charge in [0.1, 0.15) is 0 Å². The summed E-state index contributed by atoms with van der Waals surface area (Å²) in [5.74, 6) is 1.21. The lowest BCUT2D eigenvalue weighted by atomic mass is 10.1. The smallest absolute Gasteiger partial charge is 0.276 e. The van der Waals surface area contributed by atoms with E-state index in [2.05, 4.69) is 13.8 Å². The van der Waals surface area contributed by atoms with E-state index in [1.807, 2.05) is 13.8 Å². The van der Waals surface area contributed by atoms with Gasteiger partial charge in [-0.3, -0.25) is 4.79 Å². The average molecular weight is 206 g/mol. The van der Waals surface area contributed by atoms with Gasteiger partial charge in [0.15, 0.2) is 0 Å². The molecule has 0 rings (SSSR count). The fourth-order valence-electron chi connectivity index (χ4n) is 0.863. The molecule has 0 aromatic heterocycles. The maximum atomic E-state index is 10.3. The van der Waals surface area contributed by atoms with Crippen LogP contribution in [0.15, 0.2) is 0 Å². The van der Waals surface area contributed by atoms with Crippen LogP contribution in [0.1, 0.15) is 34.1 Å². The SMILES string of the molecule is CC.CC(C)CC(N)CSC(N)=O. The van der Waals surface area contributed by atoms with Crippen molar-refractivity contribution in [3.63, 3.8) is 0 Å². The second-order valence-corrected chi connectivity index (χ2v) is 4.04. The van der Waals surface area contributed by atoms with Crippen LogP contribution < -0.4 is 11.5 Å². The van der Waals surface area contributed by atoms with E-state index in [0.29, 0.717) is 11.7 Å². The molecule has 0 spiro atoms. The Kier molecular flexibility index (Phi) is 11.6. The number of carbonyl (C=O) groups excluding carboxylic acids is 1. The van der Waals surface area contributed by atoms with Gasteiger partial charge in [-0.25, -0.2) is 0 Å². The van der Waals surface area contributed by atoms with Crippen molar-refractivity contribution in [3.8, 4) is 0 Å². The van der Waals surface area contributed by atoms with Crippen molar-refractivity contribution >= 4 is 17.0 Å². The molecule has 0 aliphatic rings. The largest absolute Gasteiger partial charge is 0.361 e. The zero-order valence-electron chi connectivity index (χ0n) is 9.04. The van der Waals surface area contributed by atoms with Crippen LogP contribution in [0.3, 0.4) is 0 Å². The van der Waals surface area contributed by atoms with Gasteiger partial charge in [-0.15, -0.1) is 0 Å². The molecule has 0 fully saturated rings. The number of primary amides is 1. The highest BCUT2D eigenvalue weighted by Gasteiger charge is 2.06. The van der Waals surface area contributed by atoms with Gasteiger partial charge in [-0.1, -0.05) is 39.5 Å². The van der Waals surface area contributed by atoms with Crippen LogP contribution in [0.4, 0.5) is 4.79 Å². The van der Waals surface area contributed by atoms with Crippen LogP contribution in [0.2, 0.25) is 0 Å². The zero-order valence-corrected chi connectivity index (χ0v) is 9.86. The van der Waals surface area contributed by atoms with Crippen LogP contribution in [0.25, 0.3) is 0 Å². The second kappa shape index (κ2) is 9.86. The third-order valence-electron chi connectivity index (χ3n) is 1.21. The molecular formula is C9H22N2OS. The van der Waals surface area contributed by atoms with E-state index >= 15 is 0 Å². The van der Waals surface area contributed by atoms with E-state index in [-0.39, 0.29) is 11.3 Å². The predicted octanol–water partition coefficient (Wildman–Crippen LogP) is 2.20. The van der Waals surface area contributed by atoms with Crippen molar-refractivity contribution in [2.45, 2.75) is 40.2 Å². The van der Waals surface area contributed by atoms with E-state index < -0.39 is 0 Å². The molecule has 3 nitrogen and oxygen atoms in total. The number of rotatable bonds is 4. The van der Waals surface area contributed by atoms with Crippen LogP contribution in [-0.2, 0) is 0 Å². The predicted molar refractivity (Wildman–Crippen MR) is 60.8 cm³/mol. The standard InChI is InChI=1S/C7H16N2OS.C2H6/c1-5(2)3-6(8)4-11-7(9)10;1-2/h5-6H,3-4,8H2,1-2H3,(H2,9,10);1-2H3. The minimum absolute atomic E-state index is 0.0903. The molecule has 0 heterocycles. The monoisotopic (exact) mass is 206 g/mol. The third kappa shape index (κ3) is 14.6. The lowest BCUT2D eigenvalue weighted by Crippen LogP contribution is -2.26. The van der Waals surface area contributed by atoms with Crippen LogP contribution in [0.5, 0.6) is 0 Å². The Morgan fingerprint density at radius 3 is 2.15 bits per heavy atom. The minimum atomic E-state index is -0.343. The van der Waals surface area contributed by atoms with E-state index in [1.54, 1.807) is 0 Å². The molecule has 1 unspecified atom stereocenters. The maximum absolute atomic E-state index is 10.3. The topological polar surface area (TPSA) is 69.1 Å². The first-order chi connectivity index (χ1) is 6.02. The molecule has 0 aliphatic heterocycles. The summed E-state index contributed by atoms with van der Waals surface area (Å²) < 4.78 is 0. The lowest BCUT2D eigenvalue weighted by Gasteiger charge is -2.11. The van der Waals surface area contributed by atoms with Crippen LogP contribution >= 0.6 is 11.8 Å². The summed E-state index contributed by atoms with van der Waals surface area (Å²) in [6.45, 7) is 8.21. The van der Waals surface area contributed by atoms with Gasteiger partial charge >= 0.3 is 0 Å². The van der Waals surface area contributed by atoms with Crippen LogP contribution in [-0.4, -0.2) is 17.0 Å². The van der Waals surface area contributed by atoms with Crippen molar-refractivity contribution in [1.29, 1.82) is 0 Å². The third-order valence-corrected chi connectivity index (χ3v) is 2.09. The quantitative estimate of drug-likeness (QED) is 0.741. The molecule has 0 aromatic carbocycles. The van der Waals surface area contributed by atoms with Gasteiger partial charge in [0.25, 0.3) is 5.24 Å². The average Bonchev–Trinajstić information content (AvgIpc) is 2.03. The number of thioether (sulfide) groups is 1. The maximum Gasteiger partial charge on any atom is 0.276 e. The summed E-state index contributed by atoms with van der Waals surface area (Å²) in [7, 11) is 0. The van der Waals surface area contributed by atoms with Gasteiger partial charge in [0, 0.05) is 11.8 Å². The highest BCUT2D eigenvalue weighted by Crippen LogP contribution is 2.08. The highest BCUT2D eigenvalue weighted by molar-refractivity contribution is 8.13. The van der Waals surface area contributed by atoms with Gasteiger partial charge < -0.3 is 11.5 Å². The summed E-state index contributed by atoms with van der Waals surface area (Å²) >= 11 is 1.10. The highest BCUT2D eigenvalue weighted by atomic mass is 32.2. The van der Waals surface area contributed by atoms with Crippen molar-refractivity contribution in [2.75, 3.05) is 5.75 Å². The molecule has 0 aliphatic carbocycles. The Hall–Kier alpha value is -0.220. The van der Waals surface area contributed by atoms with E-state index in [1.165, 1.54) is 0 Å². The first kappa shape index (κ1) is 15.3. The Morgan fingerprint density at radius 1 is 1.38 bits per heavy atom. The molecule has 4 heteroatoms. The number of carbonyl (C=O) groups is 1. The summed E-state index contributed by atoms with van der Waals surface area (Å²) in [5.41, 5.74) is 10.6. The lowest BCUT2D eigenvalue weighted by molar-refractivity contribution is 0.267. The Bertz CT molecular complexity index is 129. The number of amides is 1. The Balaban J connectivity index is 0. The fraction of sp³-hybridized carbons (Fsp3) is 0.889. The molecule has 1 atom stereocenters. The number of hydrogen-bond acceptors (Lipinski definition) is 3. The summed E-state index contributed by atoms with van der Waals surface area (Å²) in [4.78, 5) is 10.3. The van der Waals surface area contributed by atoms with Gasteiger partial charge in [-0.05, 0) is 12.3 Å². The van der Waals surface area contributed by atoms with E-state index in [4.69, 9.17) is 11.5 Å². The molecule has 0 saturated carbocycles. The summed E-state index contributed by atoms with van der Waals surface area (Å²) in [6.07, 6.45) is 0.945. The second-order valence-electron chi connectivity index (χ2n) is 3.02. The van der Waals surface area contributed by atoms with E-state index in [0.717, 1.165) is 18.2 Å². The first-order valence-electron chi connectivity index (χ1n) is 4.70. The molecule has 0 saturated heterocycles. The zero-order chi connectivity index (χ0) is 10.9. The van der Waals surface area contributed by atoms with Crippen molar-refractivity contribution in [1.82, 2.24) is 0 Å². The molecule has 0 bridgehead atoms. The van der Waals surface area contributed by atoms with Gasteiger partial charge in [-0.2, -0.15) is 0 Å². The number of hydrogen-bond donors (Lipinski definition) is 2. The van der Waals surface area contributed by atoms with Crippen LogP contribution in [0, 0.1) is 5.92 Å². The molecule has 1 amide bonds. The molecule has 80 valence electrons. The Morgan fingerprint density at radius 2 is 1.85 bits per heavy atom. The first-order valence-corrected chi connectivity index (χ1v) is 5.68. The Labute approximate surface area is 85.6 Å². The number of nitrogens with two attached hydrogens (primary N) is 2. The van der Waals surface area contributed by atoms with Gasteiger partial charge in [0.2, 0.25) is 0 Å². The normalized spacial score (nSPS) is 11.8. The molecule has 0 radical (unpaired) electrons. The summed E-state index contributed by atoms with van der Waals surface area (Å²) in [5, 5.41) is -0.343. The van der Waals surface area contributed by atoms with Crippen molar-refractivity contribution < 1.29 is 4.79 Å².